The molecule has 0 saturated heterocycles. The van der Waals surface area contributed by atoms with Crippen LogP contribution in [0.2, 0.25) is 0 Å². The molecule has 0 saturated carbocycles. The van der Waals surface area contributed by atoms with Crippen LogP contribution in [0.1, 0.15) is 33.4 Å². The zero-order chi connectivity index (χ0) is 25.6. The molecule has 5 rings (SSSR count). The Morgan fingerprint density at radius 3 is 1.00 bits per heavy atom. The van der Waals surface area contributed by atoms with E-state index in [0.29, 0.717) is 22.3 Å². The number of aliphatic imine (C=N–C) groups is 2. The molecule has 3 aromatic rings. The van der Waals surface area contributed by atoms with Crippen molar-refractivity contribution in [3.05, 3.63) is 106 Å². The predicted octanol–water partition coefficient (Wildman–Crippen LogP) is 5.25. The SMILES string of the molecule is FC(F)(F)c1ccc(C2(c3ccc(C4(c5ccc(C(F)(F)F)cc5)N=CON4)cc3)N=CON2)cc1. The van der Waals surface area contributed by atoms with Gasteiger partial charge in [-0.15, -0.1) is 11.0 Å². The normalized spacial score (nSPS) is 23.5. The molecule has 3 aromatic carbocycles. The average molecular weight is 506 g/mol. The van der Waals surface area contributed by atoms with Crippen LogP contribution < -0.4 is 11.0 Å². The lowest BCUT2D eigenvalue weighted by atomic mass is 9.87. The molecule has 2 unspecified atom stereocenters. The summed E-state index contributed by atoms with van der Waals surface area (Å²) in [5, 5.41) is 0. The van der Waals surface area contributed by atoms with Crippen LogP contribution >= 0.6 is 0 Å². The monoisotopic (exact) mass is 506 g/mol. The summed E-state index contributed by atoms with van der Waals surface area (Å²) < 4.78 is 78.1. The Morgan fingerprint density at radius 2 is 0.778 bits per heavy atom. The molecule has 6 nitrogen and oxygen atoms in total. The van der Waals surface area contributed by atoms with Crippen molar-refractivity contribution in [3.8, 4) is 0 Å². The number of nitrogens with one attached hydrogen (secondary N) is 2. The van der Waals surface area contributed by atoms with E-state index >= 15 is 0 Å². The van der Waals surface area contributed by atoms with E-state index in [1.165, 1.54) is 24.3 Å². The van der Waals surface area contributed by atoms with Crippen molar-refractivity contribution in [1.29, 1.82) is 0 Å². The first kappa shape index (κ1) is 23.8. The maximum absolute atomic E-state index is 13.0. The van der Waals surface area contributed by atoms with Gasteiger partial charge in [-0.1, -0.05) is 48.5 Å². The standard InChI is InChI=1S/C24H16F6N4O2/c25-23(26,27)19-9-5-17(6-10-19)21(31-13-35-33-21)15-1-2-16(4-3-15)22(32-14-36-34-22)18-7-11-20(12-8-18)24(28,29)30/h1-14,33-34H. The second kappa shape index (κ2) is 8.35. The number of alkyl halides is 6. The number of benzene rings is 3. The number of hydrogen-bond acceptors (Lipinski definition) is 6. The lowest BCUT2D eigenvalue weighted by molar-refractivity contribution is -0.138. The number of nitrogens with zero attached hydrogens (tertiary/aromatic N) is 2. The van der Waals surface area contributed by atoms with Crippen molar-refractivity contribution >= 4 is 12.8 Å². The zero-order valence-corrected chi connectivity index (χ0v) is 18.1. The molecule has 2 atom stereocenters. The lowest BCUT2D eigenvalue weighted by Crippen LogP contribution is -2.39. The van der Waals surface area contributed by atoms with E-state index in [-0.39, 0.29) is 0 Å². The van der Waals surface area contributed by atoms with Crippen molar-refractivity contribution in [2.75, 3.05) is 0 Å². The molecule has 0 bridgehead atoms. The third kappa shape index (κ3) is 3.97. The minimum absolute atomic E-state index is 0.398. The van der Waals surface area contributed by atoms with Crippen LogP contribution in [0.25, 0.3) is 0 Å². The lowest BCUT2D eigenvalue weighted by Gasteiger charge is -2.29. The number of halogens is 6. The highest BCUT2D eigenvalue weighted by atomic mass is 19.4. The highest BCUT2D eigenvalue weighted by Gasteiger charge is 2.42. The van der Waals surface area contributed by atoms with Gasteiger partial charge in [0.05, 0.1) is 11.1 Å². The van der Waals surface area contributed by atoms with Crippen LogP contribution in [-0.4, -0.2) is 12.8 Å². The fourth-order valence-electron chi connectivity index (χ4n) is 4.11. The van der Waals surface area contributed by atoms with Crippen molar-refractivity contribution in [2.45, 2.75) is 23.7 Å². The second-order valence-electron chi connectivity index (χ2n) is 8.06. The first-order valence-corrected chi connectivity index (χ1v) is 10.4. The minimum Gasteiger partial charge on any atom is -0.394 e. The van der Waals surface area contributed by atoms with E-state index in [4.69, 9.17) is 9.68 Å². The molecule has 12 heteroatoms. The van der Waals surface area contributed by atoms with Crippen LogP contribution in [0.5, 0.6) is 0 Å². The van der Waals surface area contributed by atoms with Gasteiger partial charge in [0.2, 0.25) is 0 Å². The highest BCUT2D eigenvalue weighted by molar-refractivity contribution is 5.57. The predicted molar refractivity (Wildman–Crippen MR) is 116 cm³/mol. The molecule has 0 aliphatic carbocycles. The third-order valence-electron chi connectivity index (χ3n) is 5.99. The summed E-state index contributed by atoms with van der Waals surface area (Å²) in [4.78, 5) is 18.9. The quantitative estimate of drug-likeness (QED) is 0.475. The fraction of sp³-hybridized carbons (Fsp3) is 0.167. The second-order valence-corrected chi connectivity index (χ2v) is 8.06. The van der Waals surface area contributed by atoms with E-state index in [9.17, 15) is 26.3 Å². The van der Waals surface area contributed by atoms with Gasteiger partial charge in [-0.25, -0.2) is 9.98 Å². The molecular weight excluding hydrogens is 490 g/mol. The molecule has 2 aliphatic rings. The van der Waals surface area contributed by atoms with Gasteiger partial charge >= 0.3 is 12.4 Å². The molecule has 186 valence electrons. The molecule has 2 heterocycles. The Hall–Kier alpha value is -3.90. The van der Waals surface area contributed by atoms with Crippen LogP contribution in [0.15, 0.2) is 82.8 Å². The Balaban J connectivity index is 1.51. The van der Waals surface area contributed by atoms with E-state index in [1.807, 2.05) is 0 Å². The molecule has 2 N–H and O–H groups in total. The van der Waals surface area contributed by atoms with Crippen LogP contribution in [0.4, 0.5) is 26.3 Å². The summed E-state index contributed by atoms with van der Waals surface area (Å²) >= 11 is 0. The summed E-state index contributed by atoms with van der Waals surface area (Å²) in [7, 11) is 0. The molecule has 36 heavy (non-hydrogen) atoms. The molecule has 0 amide bonds. The van der Waals surface area contributed by atoms with Crippen LogP contribution in [0, 0.1) is 0 Å². The van der Waals surface area contributed by atoms with Gasteiger partial charge < -0.3 is 9.68 Å². The number of hydroxylamine groups is 2. The van der Waals surface area contributed by atoms with E-state index in [2.05, 4.69) is 20.9 Å². The van der Waals surface area contributed by atoms with Crippen LogP contribution in [-0.2, 0) is 33.4 Å². The fourth-order valence-corrected chi connectivity index (χ4v) is 4.11. The van der Waals surface area contributed by atoms with Crippen molar-refractivity contribution in [1.82, 2.24) is 11.0 Å². The van der Waals surface area contributed by atoms with E-state index < -0.39 is 34.8 Å². The van der Waals surface area contributed by atoms with Gasteiger partial charge in [-0.3, -0.25) is 0 Å². The Kier molecular flexibility index (Phi) is 5.52. The number of rotatable bonds is 4. The molecule has 0 radical (unpaired) electrons. The molecule has 0 aromatic heterocycles. The van der Waals surface area contributed by atoms with E-state index in [1.54, 1.807) is 24.3 Å². The Labute approximate surface area is 200 Å². The summed E-state index contributed by atoms with van der Waals surface area (Å²) in [6, 6.07) is 15.7. The van der Waals surface area contributed by atoms with Crippen molar-refractivity contribution in [3.63, 3.8) is 0 Å². The van der Waals surface area contributed by atoms with Crippen molar-refractivity contribution < 1.29 is 36.0 Å². The van der Waals surface area contributed by atoms with E-state index in [0.717, 1.165) is 37.1 Å². The summed E-state index contributed by atoms with van der Waals surface area (Å²) in [5.74, 6) is 0. The van der Waals surface area contributed by atoms with Gasteiger partial charge in [0, 0.05) is 22.3 Å². The molecular formula is C24H16F6N4O2. The van der Waals surface area contributed by atoms with Gasteiger partial charge in [0.1, 0.15) is 0 Å². The first-order valence-electron chi connectivity index (χ1n) is 10.4. The van der Waals surface area contributed by atoms with Gasteiger partial charge in [-0.2, -0.15) is 26.3 Å². The molecule has 0 fully saturated rings. The molecule has 0 spiro atoms. The summed E-state index contributed by atoms with van der Waals surface area (Å²) in [5.41, 5.74) is 3.09. The largest absolute Gasteiger partial charge is 0.416 e. The Bertz CT molecular complexity index is 1200. The van der Waals surface area contributed by atoms with Gasteiger partial charge in [0.25, 0.3) is 0 Å². The first-order chi connectivity index (χ1) is 17.0. The molecule has 2 aliphatic heterocycles. The summed E-state index contributed by atoms with van der Waals surface area (Å²) in [6.07, 6.45) is -6.68. The zero-order valence-electron chi connectivity index (χ0n) is 18.1. The van der Waals surface area contributed by atoms with Crippen LogP contribution in [0.3, 0.4) is 0 Å². The highest BCUT2D eigenvalue weighted by Crippen LogP contribution is 2.39. The maximum Gasteiger partial charge on any atom is 0.416 e. The minimum atomic E-state index is -4.49. The number of hydrogen-bond donors (Lipinski definition) is 2. The van der Waals surface area contributed by atoms with Gasteiger partial charge in [0.15, 0.2) is 24.1 Å². The average Bonchev–Trinajstić information content (AvgIpc) is 3.55. The smallest absolute Gasteiger partial charge is 0.394 e. The Morgan fingerprint density at radius 1 is 0.500 bits per heavy atom. The van der Waals surface area contributed by atoms with Crippen molar-refractivity contribution in [2.24, 2.45) is 9.98 Å². The third-order valence-corrected chi connectivity index (χ3v) is 5.99. The van der Waals surface area contributed by atoms with Gasteiger partial charge in [-0.05, 0) is 24.3 Å². The topological polar surface area (TPSA) is 67.2 Å². The maximum atomic E-state index is 13.0. The summed E-state index contributed by atoms with van der Waals surface area (Å²) in [6.45, 7) is 0.